The van der Waals surface area contributed by atoms with E-state index in [2.05, 4.69) is 13.8 Å². The van der Waals surface area contributed by atoms with Gasteiger partial charge < -0.3 is 4.89 Å². The third-order valence-corrected chi connectivity index (χ3v) is 1.71. The fourth-order valence-corrected chi connectivity index (χ4v) is 1.03. The van der Waals surface area contributed by atoms with E-state index in [1.54, 1.807) is 0 Å². The third kappa shape index (κ3) is 22.5. The molecule has 0 saturated heterocycles. The molecule has 0 fully saturated rings. The predicted molar refractivity (Wildman–Crippen MR) is 53.5 cm³/mol. The van der Waals surface area contributed by atoms with Crippen molar-refractivity contribution in [3.63, 3.8) is 0 Å². The van der Waals surface area contributed by atoms with E-state index in [9.17, 15) is 0 Å². The van der Waals surface area contributed by atoms with Crippen LogP contribution in [0, 0.1) is 0 Å². The Kier molecular flexibility index (Phi) is 20.9. The summed E-state index contributed by atoms with van der Waals surface area (Å²) in [6, 6.07) is 0. The van der Waals surface area contributed by atoms with E-state index >= 15 is 0 Å². The van der Waals surface area contributed by atoms with Crippen LogP contribution in [0.4, 0.5) is 0 Å². The summed E-state index contributed by atoms with van der Waals surface area (Å²) < 4.78 is 8.46. The minimum atomic E-state index is -0.833. The zero-order valence-corrected chi connectivity index (χ0v) is 9.15. The van der Waals surface area contributed by atoms with Gasteiger partial charge in [-0.25, -0.2) is 4.57 Å². The average Bonchev–Trinajstić information content (AvgIpc) is 2.06. The molecule has 0 aromatic heterocycles. The van der Waals surface area contributed by atoms with Crippen molar-refractivity contribution >= 4 is 8.69 Å². The Bertz CT molecular complexity index is 70.9. The van der Waals surface area contributed by atoms with Crippen LogP contribution in [0.3, 0.4) is 0 Å². The third-order valence-electron chi connectivity index (χ3n) is 1.71. The lowest BCUT2D eigenvalue weighted by molar-refractivity contribution is 0.524. The fourth-order valence-electron chi connectivity index (χ4n) is 1.03. The molecule has 1 N–H and O–H groups in total. The molecule has 0 radical (unpaired) electrons. The molecule has 0 saturated carbocycles. The monoisotopic (exact) mass is 192 g/mol. The van der Waals surface area contributed by atoms with Gasteiger partial charge in [0.1, 0.15) is 0 Å². The standard InChI is InChI=1S/C9H20.HO2P/c1-3-5-7-9-8-6-4-2;1-3-2/h3-9H2,1-2H3;(H,1,2). The van der Waals surface area contributed by atoms with Crippen LogP contribution in [0.15, 0.2) is 0 Å². The van der Waals surface area contributed by atoms with E-state index < -0.39 is 8.69 Å². The minimum Gasteiger partial charge on any atom is -0.310 e. The maximum absolute atomic E-state index is 8.46. The highest BCUT2D eigenvalue weighted by molar-refractivity contribution is 7.16. The molecule has 0 aliphatic carbocycles. The predicted octanol–water partition coefficient (Wildman–Crippen LogP) is 3.94. The molecule has 12 heavy (non-hydrogen) atoms. The average molecular weight is 192 g/mol. The SMILES string of the molecule is CCCCCCCCC.O=PO. The van der Waals surface area contributed by atoms with Gasteiger partial charge in [-0.15, -0.1) is 0 Å². The summed E-state index contributed by atoms with van der Waals surface area (Å²) in [6.45, 7) is 4.53. The van der Waals surface area contributed by atoms with Gasteiger partial charge in [-0.05, 0) is 0 Å². The molecule has 0 amide bonds. The molecule has 74 valence electrons. The van der Waals surface area contributed by atoms with E-state index in [0.29, 0.717) is 0 Å². The van der Waals surface area contributed by atoms with E-state index in [1.165, 1.54) is 44.9 Å². The van der Waals surface area contributed by atoms with Crippen molar-refractivity contribution in [2.75, 3.05) is 0 Å². The Morgan fingerprint density at radius 3 is 1.42 bits per heavy atom. The van der Waals surface area contributed by atoms with E-state index in [4.69, 9.17) is 9.46 Å². The molecule has 0 aliphatic rings. The van der Waals surface area contributed by atoms with Crippen molar-refractivity contribution in [2.24, 2.45) is 0 Å². The second-order valence-corrected chi connectivity index (χ2v) is 3.01. The zero-order chi connectivity index (χ0) is 9.66. The second kappa shape index (κ2) is 17.2. The Hall–Kier alpha value is 0.0600. The first-order valence-corrected chi connectivity index (χ1v) is 5.56. The van der Waals surface area contributed by atoms with Gasteiger partial charge in [-0.3, -0.25) is 0 Å². The summed E-state index contributed by atoms with van der Waals surface area (Å²) in [7, 11) is -0.833. The van der Waals surface area contributed by atoms with Gasteiger partial charge in [-0.1, -0.05) is 58.8 Å². The Morgan fingerprint density at radius 1 is 0.917 bits per heavy atom. The second-order valence-electron chi connectivity index (χ2n) is 2.85. The van der Waals surface area contributed by atoms with Crippen LogP contribution in [0.25, 0.3) is 0 Å². The van der Waals surface area contributed by atoms with Crippen molar-refractivity contribution in [2.45, 2.75) is 58.8 Å². The molecule has 0 rings (SSSR count). The summed E-state index contributed by atoms with van der Waals surface area (Å²) in [5.74, 6) is 0. The number of hydrogen-bond acceptors (Lipinski definition) is 1. The van der Waals surface area contributed by atoms with Crippen LogP contribution < -0.4 is 0 Å². The molecular weight excluding hydrogens is 171 g/mol. The lowest BCUT2D eigenvalue weighted by atomic mass is 10.1. The Balaban J connectivity index is 0. The van der Waals surface area contributed by atoms with E-state index in [1.807, 2.05) is 0 Å². The quantitative estimate of drug-likeness (QED) is 0.511. The van der Waals surface area contributed by atoms with Crippen molar-refractivity contribution < 1.29 is 9.46 Å². The van der Waals surface area contributed by atoms with Gasteiger partial charge in [-0.2, -0.15) is 0 Å². The van der Waals surface area contributed by atoms with Crippen molar-refractivity contribution in [1.82, 2.24) is 0 Å². The van der Waals surface area contributed by atoms with Crippen LogP contribution in [0.5, 0.6) is 0 Å². The summed E-state index contributed by atoms with van der Waals surface area (Å²) in [5.41, 5.74) is 0. The number of hydrogen-bond donors (Lipinski definition) is 1. The van der Waals surface area contributed by atoms with Crippen molar-refractivity contribution in [3.8, 4) is 0 Å². The van der Waals surface area contributed by atoms with Crippen LogP contribution >= 0.6 is 8.69 Å². The smallest absolute Gasteiger partial charge is 0.310 e. The largest absolute Gasteiger partial charge is 0.324 e. The van der Waals surface area contributed by atoms with Gasteiger partial charge in [0.15, 0.2) is 0 Å². The minimum absolute atomic E-state index is 0.833. The summed E-state index contributed by atoms with van der Waals surface area (Å²) in [5, 5.41) is 0. The zero-order valence-electron chi connectivity index (χ0n) is 8.25. The normalized spacial score (nSPS) is 9.25. The van der Waals surface area contributed by atoms with Gasteiger partial charge in [0.2, 0.25) is 0 Å². The topological polar surface area (TPSA) is 37.3 Å². The van der Waals surface area contributed by atoms with E-state index in [0.717, 1.165) is 0 Å². The first kappa shape index (κ1) is 14.6. The highest BCUT2D eigenvalue weighted by atomic mass is 31.1. The molecule has 0 heterocycles. The highest BCUT2D eigenvalue weighted by Gasteiger charge is 1.85. The van der Waals surface area contributed by atoms with Gasteiger partial charge in [0, 0.05) is 0 Å². The molecular formula is C9H21O2P. The molecule has 0 spiro atoms. The Morgan fingerprint density at radius 2 is 1.17 bits per heavy atom. The van der Waals surface area contributed by atoms with Crippen LogP contribution in [-0.4, -0.2) is 4.89 Å². The number of unbranched alkanes of at least 4 members (excludes halogenated alkanes) is 6. The van der Waals surface area contributed by atoms with Crippen molar-refractivity contribution in [3.05, 3.63) is 0 Å². The first-order chi connectivity index (χ1) is 5.83. The molecule has 3 heteroatoms. The maximum Gasteiger partial charge on any atom is 0.324 e. The molecule has 2 nitrogen and oxygen atoms in total. The first-order valence-electron chi connectivity index (χ1n) is 4.80. The molecule has 0 aromatic rings. The van der Waals surface area contributed by atoms with E-state index in [-0.39, 0.29) is 0 Å². The number of rotatable bonds is 6. The Labute approximate surface area is 77.7 Å². The lowest BCUT2D eigenvalue weighted by Gasteiger charge is -1.96. The molecule has 0 aromatic carbocycles. The molecule has 0 aliphatic heterocycles. The van der Waals surface area contributed by atoms with Crippen molar-refractivity contribution in [1.29, 1.82) is 0 Å². The van der Waals surface area contributed by atoms with Crippen LogP contribution in [0.1, 0.15) is 58.8 Å². The molecule has 0 unspecified atom stereocenters. The van der Waals surface area contributed by atoms with Crippen LogP contribution in [0.2, 0.25) is 0 Å². The highest BCUT2D eigenvalue weighted by Crippen LogP contribution is 2.05. The van der Waals surface area contributed by atoms with Gasteiger partial charge in [0.25, 0.3) is 0 Å². The summed E-state index contributed by atoms with van der Waals surface area (Å²) >= 11 is 0. The van der Waals surface area contributed by atoms with Gasteiger partial charge >= 0.3 is 8.69 Å². The fraction of sp³-hybridized carbons (Fsp3) is 1.00. The molecule has 0 atom stereocenters. The summed E-state index contributed by atoms with van der Waals surface area (Å²) in [6.07, 6.45) is 9.97. The molecule has 0 bridgehead atoms. The summed E-state index contributed by atoms with van der Waals surface area (Å²) in [4.78, 5) is 6.99. The van der Waals surface area contributed by atoms with Crippen LogP contribution in [-0.2, 0) is 4.57 Å². The maximum atomic E-state index is 8.46. The lowest BCUT2D eigenvalue weighted by Crippen LogP contribution is -1.76. The van der Waals surface area contributed by atoms with Gasteiger partial charge in [0.05, 0.1) is 0 Å².